The number of carbonyl (C=O) groups is 1. The van der Waals surface area contributed by atoms with Gasteiger partial charge in [-0.05, 0) is 47.2 Å². The second-order valence-electron chi connectivity index (χ2n) is 4.87. The van der Waals surface area contributed by atoms with Crippen LogP contribution in [0.5, 0.6) is 11.5 Å². The van der Waals surface area contributed by atoms with Crippen molar-refractivity contribution >= 4 is 34.8 Å². The summed E-state index contributed by atoms with van der Waals surface area (Å²) in [5.41, 5.74) is 0.521. The number of rotatable bonds is 7. The van der Waals surface area contributed by atoms with Gasteiger partial charge in [-0.25, -0.2) is 5.43 Å². The molecule has 0 heterocycles. The molecule has 1 aromatic rings. The SMILES string of the molecule is CCOc1cc(/C=N\NC(F)(F)C(F)(F)C(F)(F)F)cc(I)c1OC(C)=O. The molecule has 0 aliphatic rings. The molecule has 0 saturated carbocycles. The van der Waals surface area contributed by atoms with Gasteiger partial charge in [-0.15, -0.1) is 0 Å². The van der Waals surface area contributed by atoms with Crippen LogP contribution in [0.3, 0.4) is 0 Å². The number of esters is 1. The molecule has 0 fully saturated rings. The molecule has 0 atom stereocenters. The molecule has 1 N–H and O–H groups in total. The topological polar surface area (TPSA) is 59.9 Å². The van der Waals surface area contributed by atoms with Crippen molar-refractivity contribution in [2.24, 2.45) is 5.10 Å². The molecule has 0 saturated heterocycles. The predicted molar refractivity (Wildman–Crippen MR) is 88.3 cm³/mol. The summed E-state index contributed by atoms with van der Waals surface area (Å²) in [7, 11) is 0. The molecule has 0 aromatic heterocycles. The number of halogens is 8. The molecule has 0 bridgehead atoms. The van der Waals surface area contributed by atoms with E-state index in [1.165, 1.54) is 12.1 Å². The summed E-state index contributed by atoms with van der Waals surface area (Å²) < 4.78 is 98.3. The van der Waals surface area contributed by atoms with Crippen molar-refractivity contribution in [3.05, 3.63) is 21.3 Å². The number of hydrogen-bond acceptors (Lipinski definition) is 5. The number of nitrogens with zero attached hydrogens (tertiary/aromatic N) is 1. The Kier molecular flexibility index (Phi) is 7.30. The Labute approximate surface area is 162 Å². The van der Waals surface area contributed by atoms with Crippen LogP contribution in [-0.4, -0.2) is 36.9 Å². The molecule has 0 unspecified atom stereocenters. The number of hydrogen-bond donors (Lipinski definition) is 1. The molecule has 152 valence electrons. The maximum Gasteiger partial charge on any atom is 0.462 e. The van der Waals surface area contributed by atoms with E-state index in [1.54, 1.807) is 29.5 Å². The summed E-state index contributed by atoms with van der Waals surface area (Å²) in [5, 5.41) is 2.75. The van der Waals surface area contributed by atoms with Crippen LogP contribution in [-0.2, 0) is 4.79 Å². The van der Waals surface area contributed by atoms with E-state index in [2.05, 4.69) is 5.10 Å². The molecule has 0 amide bonds. The fourth-order valence-electron chi connectivity index (χ4n) is 1.60. The Morgan fingerprint density at radius 2 is 1.81 bits per heavy atom. The standard InChI is InChI=1S/C14H12F7IN2O3/c1-3-26-10-5-8(4-9(22)11(10)27-7(2)25)6-23-24-14(20,21)12(15,16)13(17,18)19/h4-6,24H,3H2,1-2H3/b23-6-. The van der Waals surface area contributed by atoms with Crippen LogP contribution in [0.25, 0.3) is 0 Å². The second-order valence-corrected chi connectivity index (χ2v) is 6.04. The lowest BCUT2D eigenvalue weighted by Gasteiger charge is -2.27. The molecular formula is C14H12F7IN2O3. The summed E-state index contributed by atoms with van der Waals surface area (Å²) in [4.78, 5) is 11.1. The van der Waals surface area contributed by atoms with Crippen molar-refractivity contribution < 1.29 is 45.0 Å². The van der Waals surface area contributed by atoms with Crippen LogP contribution in [0.4, 0.5) is 30.7 Å². The fraction of sp³-hybridized carbons (Fsp3) is 0.429. The summed E-state index contributed by atoms with van der Waals surface area (Å²) >= 11 is 1.72. The van der Waals surface area contributed by atoms with Crippen LogP contribution >= 0.6 is 22.6 Å². The van der Waals surface area contributed by atoms with Gasteiger partial charge in [-0.1, -0.05) is 0 Å². The van der Waals surface area contributed by atoms with Crippen LogP contribution < -0.4 is 14.9 Å². The van der Waals surface area contributed by atoms with E-state index in [1.807, 2.05) is 0 Å². The minimum Gasteiger partial charge on any atom is -0.490 e. The van der Waals surface area contributed by atoms with Crippen molar-refractivity contribution in [2.45, 2.75) is 32.0 Å². The smallest absolute Gasteiger partial charge is 0.462 e. The maximum absolute atomic E-state index is 13.1. The highest BCUT2D eigenvalue weighted by atomic mass is 127. The molecule has 27 heavy (non-hydrogen) atoms. The van der Waals surface area contributed by atoms with Gasteiger partial charge in [-0.3, -0.25) is 4.79 Å². The Morgan fingerprint density at radius 1 is 1.22 bits per heavy atom. The highest BCUT2D eigenvalue weighted by molar-refractivity contribution is 14.1. The molecule has 0 radical (unpaired) electrons. The largest absolute Gasteiger partial charge is 0.490 e. The predicted octanol–water partition coefficient (Wildman–Crippen LogP) is 4.33. The minimum atomic E-state index is -6.47. The van der Waals surface area contributed by atoms with Crippen molar-refractivity contribution in [2.75, 3.05) is 6.61 Å². The summed E-state index contributed by atoms with van der Waals surface area (Å²) in [6.07, 6.45) is -5.88. The lowest BCUT2D eigenvalue weighted by atomic mass is 10.2. The summed E-state index contributed by atoms with van der Waals surface area (Å²) in [6.45, 7) is 2.87. The fourth-order valence-corrected chi connectivity index (χ4v) is 2.34. The monoisotopic (exact) mass is 516 g/mol. The molecule has 0 aliphatic heterocycles. The Bertz CT molecular complexity index is 723. The quantitative estimate of drug-likeness (QED) is 0.112. The van der Waals surface area contributed by atoms with Gasteiger partial charge in [0.1, 0.15) is 0 Å². The third-order valence-electron chi connectivity index (χ3n) is 2.75. The number of alkyl halides is 7. The first-order valence-electron chi connectivity index (χ1n) is 7.00. The number of carbonyl (C=O) groups excluding carboxylic acids is 1. The van der Waals surface area contributed by atoms with E-state index in [0.717, 1.165) is 6.92 Å². The molecule has 5 nitrogen and oxygen atoms in total. The van der Waals surface area contributed by atoms with Gasteiger partial charge in [0.2, 0.25) is 0 Å². The lowest BCUT2D eigenvalue weighted by molar-refractivity contribution is -0.361. The second kappa shape index (κ2) is 8.48. The van der Waals surface area contributed by atoms with E-state index >= 15 is 0 Å². The van der Waals surface area contributed by atoms with Gasteiger partial charge in [-0.2, -0.15) is 35.8 Å². The summed E-state index contributed by atoms with van der Waals surface area (Å²) in [5.74, 6) is -6.94. The average molecular weight is 516 g/mol. The Balaban J connectivity index is 3.10. The molecule has 13 heteroatoms. The normalized spacial score (nSPS) is 13.0. The first-order valence-corrected chi connectivity index (χ1v) is 8.08. The van der Waals surface area contributed by atoms with E-state index < -0.39 is 24.1 Å². The zero-order chi connectivity index (χ0) is 21.0. The number of nitrogens with one attached hydrogen (secondary N) is 1. The molecular weight excluding hydrogens is 504 g/mol. The van der Waals surface area contributed by atoms with E-state index in [0.29, 0.717) is 11.6 Å². The molecule has 1 rings (SSSR count). The molecule has 0 aliphatic carbocycles. The third-order valence-corrected chi connectivity index (χ3v) is 3.55. The van der Waals surface area contributed by atoms with Gasteiger partial charge in [0, 0.05) is 6.92 Å². The first kappa shape index (κ1) is 23.2. The molecule has 1 aromatic carbocycles. The zero-order valence-corrected chi connectivity index (χ0v) is 15.8. The summed E-state index contributed by atoms with van der Waals surface area (Å²) in [6, 6.07) is -3.24. The van der Waals surface area contributed by atoms with Gasteiger partial charge >= 0.3 is 24.1 Å². The molecule has 0 spiro atoms. The van der Waals surface area contributed by atoms with Crippen LogP contribution in [0.2, 0.25) is 0 Å². The van der Waals surface area contributed by atoms with Crippen LogP contribution in [0, 0.1) is 3.57 Å². The highest BCUT2D eigenvalue weighted by Crippen LogP contribution is 2.45. The van der Waals surface area contributed by atoms with Gasteiger partial charge < -0.3 is 9.47 Å². The van der Waals surface area contributed by atoms with Crippen molar-refractivity contribution in [3.63, 3.8) is 0 Å². The number of hydrazone groups is 1. The van der Waals surface area contributed by atoms with Crippen LogP contribution in [0.15, 0.2) is 17.2 Å². The van der Waals surface area contributed by atoms with Crippen molar-refractivity contribution in [1.82, 2.24) is 5.43 Å². The minimum absolute atomic E-state index is 0.0115. The van der Waals surface area contributed by atoms with Gasteiger partial charge in [0.25, 0.3) is 0 Å². The average Bonchev–Trinajstić information content (AvgIpc) is 2.49. The first-order chi connectivity index (χ1) is 12.2. The van der Waals surface area contributed by atoms with Crippen molar-refractivity contribution in [3.8, 4) is 11.5 Å². The van der Waals surface area contributed by atoms with E-state index in [-0.39, 0.29) is 27.2 Å². The third kappa shape index (κ3) is 5.59. The Morgan fingerprint density at radius 3 is 2.30 bits per heavy atom. The van der Waals surface area contributed by atoms with E-state index in [4.69, 9.17) is 9.47 Å². The van der Waals surface area contributed by atoms with Crippen molar-refractivity contribution in [1.29, 1.82) is 0 Å². The highest BCUT2D eigenvalue weighted by Gasteiger charge is 2.73. The van der Waals surface area contributed by atoms with Crippen LogP contribution in [0.1, 0.15) is 19.4 Å². The van der Waals surface area contributed by atoms with Gasteiger partial charge in [0.05, 0.1) is 16.4 Å². The number of benzene rings is 1. The number of ether oxygens (including phenoxy) is 2. The zero-order valence-electron chi connectivity index (χ0n) is 13.6. The van der Waals surface area contributed by atoms with Gasteiger partial charge in [0.15, 0.2) is 11.5 Å². The lowest BCUT2D eigenvalue weighted by Crippen LogP contribution is -2.58. The maximum atomic E-state index is 13.1. The Hall–Kier alpha value is -1.80. The van der Waals surface area contributed by atoms with E-state index in [9.17, 15) is 35.5 Å².